The molecule has 0 fully saturated rings. The van der Waals surface area contributed by atoms with E-state index in [9.17, 15) is 9.18 Å². The van der Waals surface area contributed by atoms with Gasteiger partial charge < -0.3 is 4.74 Å². The van der Waals surface area contributed by atoms with Gasteiger partial charge in [0.15, 0.2) is 0 Å². The second-order valence-electron chi connectivity index (χ2n) is 3.90. The largest absolute Gasteiger partial charge is 0.469 e. The number of benzene rings is 1. The molecule has 0 saturated heterocycles. The predicted molar refractivity (Wildman–Crippen MR) is 64.3 cm³/mol. The molecule has 1 aromatic heterocycles. The minimum Gasteiger partial charge on any atom is -0.469 e. The number of rotatable bonds is 3. The third-order valence-corrected chi connectivity index (χ3v) is 2.67. The van der Waals surface area contributed by atoms with Crippen LogP contribution in [0.25, 0.3) is 11.3 Å². The fraction of sp³-hybridized carbons (Fsp3) is 0.231. The fourth-order valence-electron chi connectivity index (χ4n) is 1.65. The molecule has 5 heteroatoms. The molecule has 0 bridgehead atoms. The van der Waals surface area contributed by atoms with E-state index >= 15 is 0 Å². The van der Waals surface area contributed by atoms with Crippen LogP contribution in [-0.4, -0.2) is 22.9 Å². The van der Waals surface area contributed by atoms with Crippen LogP contribution < -0.4 is 0 Å². The molecule has 0 amide bonds. The molecule has 0 N–H and O–H groups in total. The van der Waals surface area contributed by atoms with Crippen LogP contribution in [0.5, 0.6) is 0 Å². The van der Waals surface area contributed by atoms with Crippen LogP contribution in [0.15, 0.2) is 30.3 Å². The van der Waals surface area contributed by atoms with E-state index in [1.165, 1.54) is 19.2 Å². The number of hydrogen-bond donors (Lipinski definition) is 0. The third kappa shape index (κ3) is 2.56. The van der Waals surface area contributed by atoms with E-state index in [0.29, 0.717) is 5.69 Å². The van der Waals surface area contributed by atoms with Crippen molar-refractivity contribution in [3.63, 3.8) is 0 Å². The second-order valence-corrected chi connectivity index (χ2v) is 3.90. The first-order valence-corrected chi connectivity index (χ1v) is 5.46. The van der Waals surface area contributed by atoms with Gasteiger partial charge in [0.05, 0.1) is 19.2 Å². The van der Waals surface area contributed by atoms with Gasteiger partial charge in [-0.3, -0.25) is 9.48 Å². The number of aryl methyl sites for hydroxylation is 1. The molecule has 0 aliphatic rings. The van der Waals surface area contributed by atoms with E-state index in [2.05, 4.69) is 9.84 Å². The third-order valence-electron chi connectivity index (χ3n) is 2.67. The molecule has 2 rings (SSSR count). The van der Waals surface area contributed by atoms with Gasteiger partial charge in [0.1, 0.15) is 5.82 Å². The maximum absolute atomic E-state index is 12.8. The summed E-state index contributed by atoms with van der Waals surface area (Å²) in [5.74, 6) is -0.604. The number of esters is 1. The number of methoxy groups -OCH3 is 1. The minimum absolute atomic E-state index is 0.168. The van der Waals surface area contributed by atoms with Crippen molar-refractivity contribution in [1.29, 1.82) is 0 Å². The lowest BCUT2D eigenvalue weighted by molar-refractivity contribution is -0.139. The quantitative estimate of drug-likeness (QED) is 0.780. The van der Waals surface area contributed by atoms with Crippen molar-refractivity contribution < 1.29 is 13.9 Å². The van der Waals surface area contributed by atoms with Crippen LogP contribution in [0.2, 0.25) is 0 Å². The average Bonchev–Trinajstić information content (AvgIpc) is 2.71. The molecule has 1 heterocycles. The van der Waals surface area contributed by atoms with E-state index in [1.807, 2.05) is 0 Å². The van der Waals surface area contributed by atoms with Gasteiger partial charge >= 0.3 is 5.97 Å². The Morgan fingerprint density at radius 3 is 2.67 bits per heavy atom. The van der Waals surface area contributed by atoms with Crippen LogP contribution in [-0.2, 0) is 23.0 Å². The summed E-state index contributed by atoms with van der Waals surface area (Å²) < 4.78 is 19.0. The number of hydrogen-bond acceptors (Lipinski definition) is 3. The SMILES string of the molecule is COC(=O)Cc1cc(-c2ccc(F)cc2)nn1C. The Balaban J connectivity index is 2.28. The standard InChI is InChI=1S/C13H13FN2O2/c1-16-11(8-13(17)18-2)7-12(15-16)9-3-5-10(14)6-4-9/h3-7H,8H2,1-2H3. The molecule has 0 aliphatic heterocycles. The Bertz CT molecular complexity index is 561. The van der Waals surface area contributed by atoms with Gasteiger partial charge in [0.25, 0.3) is 0 Å². The number of ether oxygens (including phenoxy) is 1. The molecule has 0 atom stereocenters. The summed E-state index contributed by atoms with van der Waals surface area (Å²) >= 11 is 0. The van der Waals surface area contributed by atoms with Crippen LogP contribution in [0, 0.1) is 5.82 Å². The Morgan fingerprint density at radius 1 is 1.39 bits per heavy atom. The zero-order valence-electron chi connectivity index (χ0n) is 10.2. The summed E-state index contributed by atoms with van der Waals surface area (Å²) in [5, 5.41) is 4.28. The highest BCUT2D eigenvalue weighted by molar-refractivity contribution is 5.72. The normalized spacial score (nSPS) is 10.4. The summed E-state index contributed by atoms with van der Waals surface area (Å²) in [7, 11) is 3.10. The van der Waals surface area contributed by atoms with Crippen LogP contribution in [0.4, 0.5) is 4.39 Å². The maximum atomic E-state index is 12.8. The van der Waals surface area contributed by atoms with Crippen molar-refractivity contribution in [2.45, 2.75) is 6.42 Å². The summed E-state index contributed by atoms with van der Waals surface area (Å²) in [6.07, 6.45) is 0.168. The van der Waals surface area contributed by atoms with Crippen LogP contribution >= 0.6 is 0 Å². The molecule has 18 heavy (non-hydrogen) atoms. The summed E-state index contributed by atoms with van der Waals surface area (Å²) in [6, 6.07) is 7.86. The van der Waals surface area contributed by atoms with Crippen molar-refractivity contribution >= 4 is 5.97 Å². The topological polar surface area (TPSA) is 44.1 Å². The summed E-state index contributed by atoms with van der Waals surface area (Å²) in [4.78, 5) is 11.2. The van der Waals surface area contributed by atoms with Gasteiger partial charge in [0, 0.05) is 18.3 Å². The molecule has 0 saturated carbocycles. The molecule has 2 aromatic rings. The minimum atomic E-state index is -0.316. The molecule has 0 aliphatic carbocycles. The second kappa shape index (κ2) is 5.00. The number of carbonyl (C=O) groups excluding carboxylic acids is 1. The smallest absolute Gasteiger partial charge is 0.311 e. The van der Waals surface area contributed by atoms with Crippen LogP contribution in [0.3, 0.4) is 0 Å². The maximum Gasteiger partial charge on any atom is 0.311 e. The lowest BCUT2D eigenvalue weighted by Gasteiger charge is -1.98. The number of nitrogens with zero attached hydrogens (tertiary/aromatic N) is 2. The Labute approximate surface area is 104 Å². The van der Waals surface area contributed by atoms with E-state index in [4.69, 9.17) is 0 Å². The highest BCUT2D eigenvalue weighted by Crippen LogP contribution is 2.19. The van der Waals surface area contributed by atoms with E-state index in [0.717, 1.165) is 11.3 Å². The van der Waals surface area contributed by atoms with Crippen molar-refractivity contribution in [2.75, 3.05) is 7.11 Å². The molecule has 0 spiro atoms. The van der Waals surface area contributed by atoms with Gasteiger partial charge in [-0.15, -0.1) is 0 Å². The summed E-state index contributed by atoms with van der Waals surface area (Å²) in [6.45, 7) is 0. The first-order chi connectivity index (χ1) is 8.60. The first-order valence-electron chi connectivity index (χ1n) is 5.46. The molecule has 94 valence electrons. The van der Waals surface area contributed by atoms with Crippen molar-refractivity contribution in [3.8, 4) is 11.3 Å². The number of halogens is 1. The Kier molecular flexibility index (Phi) is 3.41. The highest BCUT2D eigenvalue weighted by atomic mass is 19.1. The van der Waals surface area contributed by atoms with E-state index in [-0.39, 0.29) is 18.2 Å². The molecule has 4 nitrogen and oxygen atoms in total. The summed E-state index contributed by atoms with van der Waals surface area (Å²) in [5.41, 5.74) is 2.26. The van der Waals surface area contributed by atoms with Crippen molar-refractivity contribution in [3.05, 3.63) is 41.8 Å². The van der Waals surface area contributed by atoms with Crippen LogP contribution in [0.1, 0.15) is 5.69 Å². The van der Waals surface area contributed by atoms with Gasteiger partial charge in [-0.25, -0.2) is 4.39 Å². The Hall–Kier alpha value is -2.17. The number of aromatic nitrogens is 2. The zero-order valence-corrected chi connectivity index (χ0v) is 10.2. The average molecular weight is 248 g/mol. The number of carbonyl (C=O) groups is 1. The fourth-order valence-corrected chi connectivity index (χ4v) is 1.65. The van der Waals surface area contributed by atoms with Crippen molar-refractivity contribution in [2.24, 2.45) is 7.05 Å². The van der Waals surface area contributed by atoms with Gasteiger partial charge in [-0.05, 0) is 30.3 Å². The zero-order chi connectivity index (χ0) is 13.1. The molecule has 0 unspecified atom stereocenters. The highest BCUT2D eigenvalue weighted by Gasteiger charge is 2.11. The Morgan fingerprint density at radius 2 is 2.06 bits per heavy atom. The lowest BCUT2D eigenvalue weighted by atomic mass is 10.1. The van der Waals surface area contributed by atoms with E-state index in [1.54, 1.807) is 29.9 Å². The lowest BCUT2D eigenvalue weighted by Crippen LogP contribution is -2.08. The molecular formula is C13H13FN2O2. The predicted octanol–water partition coefficient (Wildman–Crippen LogP) is 1.94. The molecule has 0 radical (unpaired) electrons. The van der Waals surface area contributed by atoms with Gasteiger partial charge in [0.2, 0.25) is 0 Å². The molecule has 1 aromatic carbocycles. The van der Waals surface area contributed by atoms with E-state index < -0.39 is 0 Å². The monoisotopic (exact) mass is 248 g/mol. The van der Waals surface area contributed by atoms with Gasteiger partial charge in [-0.1, -0.05) is 0 Å². The first kappa shape index (κ1) is 12.3. The van der Waals surface area contributed by atoms with Crippen molar-refractivity contribution in [1.82, 2.24) is 9.78 Å². The molecular weight excluding hydrogens is 235 g/mol. The van der Waals surface area contributed by atoms with Gasteiger partial charge in [-0.2, -0.15) is 5.10 Å².